The second-order valence-electron chi connectivity index (χ2n) is 3.13. The minimum atomic E-state index is -0.140. The van der Waals surface area contributed by atoms with Gasteiger partial charge < -0.3 is 15.6 Å². The molecule has 0 saturated heterocycles. The molecule has 0 radical (unpaired) electrons. The van der Waals surface area contributed by atoms with Gasteiger partial charge in [-0.25, -0.2) is 0 Å². The van der Waals surface area contributed by atoms with Crippen LogP contribution >= 0.6 is 24.0 Å². The monoisotopic (exact) mass is 251 g/mol. The Hall–Kier alpha value is -0.710. The lowest BCUT2D eigenvalue weighted by Gasteiger charge is -2.10. The van der Waals surface area contributed by atoms with Gasteiger partial charge >= 0.3 is 0 Å². The first-order valence-corrected chi connectivity index (χ1v) is 4.80. The van der Waals surface area contributed by atoms with Crippen LogP contribution < -0.4 is 10.6 Å². The van der Waals surface area contributed by atoms with Crippen molar-refractivity contribution in [3.8, 4) is 0 Å². The molecule has 1 heterocycles. The summed E-state index contributed by atoms with van der Waals surface area (Å²) in [7, 11) is 1.85. The van der Waals surface area contributed by atoms with Gasteiger partial charge in [0.2, 0.25) is 0 Å². The number of hydrogen-bond acceptors (Lipinski definition) is 2. The molecule has 1 unspecified atom stereocenters. The molecule has 1 aromatic rings. The van der Waals surface area contributed by atoms with E-state index in [-0.39, 0.29) is 24.4 Å². The highest BCUT2D eigenvalue weighted by atomic mass is 35.5. The molecule has 0 aliphatic carbocycles. The zero-order valence-corrected chi connectivity index (χ0v) is 10.2. The predicted octanol–water partition coefficient (Wildman–Crippen LogP) is 1.43. The number of nitrogens with one attached hydrogen (secondary N) is 3. The number of halogens is 2. The first-order chi connectivity index (χ1) is 6.63. The number of likely N-dealkylation sites (N-methyl/N-ethyl adjacent to an activating group) is 1. The van der Waals surface area contributed by atoms with Crippen molar-refractivity contribution in [2.24, 2.45) is 0 Å². The molecule has 0 saturated carbocycles. The van der Waals surface area contributed by atoms with Crippen LogP contribution in [0.3, 0.4) is 0 Å². The summed E-state index contributed by atoms with van der Waals surface area (Å²) in [6, 6.07) is 1.85. The Bertz CT molecular complexity index is 314. The van der Waals surface area contributed by atoms with Gasteiger partial charge in [0.05, 0.1) is 5.02 Å². The zero-order chi connectivity index (χ0) is 10.6. The molecule has 0 spiro atoms. The minimum absolute atomic E-state index is 0. The highest BCUT2D eigenvalue weighted by Crippen LogP contribution is 2.08. The van der Waals surface area contributed by atoms with Crippen molar-refractivity contribution in [2.45, 2.75) is 13.0 Å². The average Bonchev–Trinajstić information content (AvgIpc) is 2.60. The standard InChI is InChI=1S/C9H14ClN3O.ClH/c1-6(11-2)4-13-9(14)8-3-7(10)5-12-8;/h3,5-6,11-12H,4H2,1-2H3,(H,13,14);1H. The van der Waals surface area contributed by atoms with Gasteiger partial charge in [-0.15, -0.1) is 12.4 Å². The molecule has 15 heavy (non-hydrogen) atoms. The summed E-state index contributed by atoms with van der Waals surface area (Å²) in [5, 5.41) is 6.34. The number of rotatable bonds is 4. The van der Waals surface area contributed by atoms with Crippen molar-refractivity contribution in [3.63, 3.8) is 0 Å². The summed E-state index contributed by atoms with van der Waals surface area (Å²) in [4.78, 5) is 14.2. The molecule has 0 aliphatic rings. The Kier molecular flexibility index (Phi) is 6.40. The lowest BCUT2D eigenvalue weighted by molar-refractivity contribution is 0.0946. The van der Waals surface area contributed by atoms with Crippen LogP contribution in [0.5, 0.6) is 0 Å². The molecule has 0 fully saturated rings. The van der Waals surface area contributed by atoms with E-state index in [1.54, 1.807) is 12.3 Å². The maximum absolute atomic E-state index is 11.4. The van der Waals surface area contributed by atoms with Crippen LogP contribution in [0.15, 0.2) is 12.3 Å². The van der Waals surface area contributed by atoms with Crippen molar-refractivity contribution in [2.75, 3.05) is 13.6 Å². The van der Waals surface area contributed by atoms with Gasteiger partial charge in [-0.1, -0.05) is 11.6 Å². The van der Waals surface area contributed by atoms with Crippen LogP contribution in [0.25, 0.3) is 0 Å². The number of carbonyl (C=O) groups excluding carboxylic acids is 1. The van der Waals surface area contributed by atoms with Crippen molar-refractivity contribution in [1.29, 1.82) is 0 Å². The number of amides is 1. The maximum atomic E-state index is 11.4. The van der Waals surface area contributed by atoms with Crippen LogP contribution in [0, 0.1) is 0 Å². The van der Waals surface area contributed by atoms with Crippen LogP contribution in [0.2, 0.25) is 5.02 Å². The summed E-state index contributed by atoms with van der Waals surface area (Å²) in [6.45, 7) is 2.58. The minimum Gasteiger partial charge on any atom is -0.356 e. The normalized spacial score (nSPS) is 11.7. The van der Waals surface area contributed by atoms with Gasteiger partial charge in [0.25, 0.3) is 5.91 Å². The Morgan fingerprint density at radius 3 is 2.80 bits per heavy atom. The molecule has 1 rings (SSSR count). The number of H-pyrrole nitrogens is 1. The van der Waals surface area contributed by atoms with E-state index >= 15 is 0 Å². The molecule has 4 nitrogen and oxygen atoms in total. The van der Waals surface area contributed by atoms with Crippen molar-refractivity contribution < 1.29 is 4.79 Å². The van der Waals surface area contributed by atoms with Gasteiger partial charge in [0.15, 0.2) is 0 Å². The molecule has 1 atom stereocenters. The van der Waals surface area contributed by atoms with E-state index in [9.17, 15) is 4.79 Å². The van der Waals surface area contributed by atoms with Gasteiger partial charge in [0, 0.05) is 18.8 Å². The lowest BCUT2D eigenvalue weighted by atomic mass is 10.3. The molecular weight excluding hydrogens is 237 g/mol. The third kappa shape index (κ3) is 4.55. The van der Waals surface area contributed by atoms with Crippen molar-refractivity contribution >= 4 is 29.9 Å². The molecule has 1 aromatic heterocycles. The van der Waals surface area contributed by atoms with Crippen molar-refractivity contribution in [3.05, 3.63) is 23.0 Å². The predicted molar refractivity (Wildman–Crippen MR) is 63.9 cm³/mol. The molecule has 6 heteroatoms. The van der Waals surface area contributed by atoms with Crippen LogP contribution in [-0.4, -0.2) is 30.5 Å². The van der Waals surface area contributed by atoms with Gasteiger partial charge in [-0.3, -0.25) is 4.79 Å². The summed E-state index contributed by atoms with van der Waals surface area (Å²) in [5.74, 6) is -0.140. The second kappa shape index (κ2) is 6.71. The Morgan fingerprint density at radius 1 is 1.67 bits per heavy atom. The molecule has 1 amide bonds. The number of aromatic nitrogens is 1. The van der Waals surface area contributed by atoms with Gasteiger partial charge in [0.1, 0.15) is 5.69 Å². The fourth-order valence-corrected chi connectivity index (χ4v) is 1.11. The zero-order valence-electron chi connectivity index (χ0n) is 8.63. The number of carbonyl (C=O) groups is 1. The molecular formula is C9H15Cl2N3O. The van der Waals surface area contributed by atoms with Crippen molar-refractivity contribution in [1.82, 2.24) is 15.6 Å². The Labute approximate surface area is 100 Å². The molecule has 86 valence electrons. The molecule has 0 aliphatic heterocycles. The van der Waals surface area contributed by atoms with E-state index in [0.29, 0.717) is 17.3 Å². The van der Waals surface area contributed by atoms with Crippen LogP contribution in [0.1, 0.15) is 17.4 Å². The second-order valence-corrected chi connectivity index (χ2v) is 3.57. The van der Waals surface area contributed by atoms with E-state index in [4.69, 9.17) is 11.6 Å². The average molecular weight is 252 g/mol. The van der Waals surface area contributed by atoms with E-state index in [1.807, 2.05) is 14.0 Å². The maximum Gasteiger partial charge on any atom is 0.267 e. The third-order valence-electron chi connectivity index (χ3n) is 1.95. The summed E-state index contributed by atoms with van der Waals surface area (Å²) < 4.78 is 0. The number of aromatic amines is 1. The SMILES string of the molecule is CNC(C)CNC(=O)c1cc(Cl)c[nH]1.Cl. The van der Waals surface area contributed by atoms with E-state index < -0.39 is 0 Å². The molecule has 0 bridgehead atoms. The summed E-state index contributed by atoms with van der Waals surface area (Å²) in [6.07, 6.45) is 1.58. The van der Waals surface area contributed by atoms with E-state index in [2.05, 4.69) is 15.6 Å². The summed E-state index contributed by atoms with van der Waals surface area (Å²) in [5.41, 5.74) is 0.485. The fourth-order valence-electron chi connectivity index (χ4n) is 0.942. The lowest BCUT2D eigenvalue weighted by Crippen LogP contribution is -2.37. The first-order valence-electron chi connectivity index (χ1n) is 4.43. The quantitative estimate of drug-likeness (QED) is 0.759. The number of hydrogen-bond donors (Lipinski definition) is 3. The highest BCUT2D eigenvalue weighted by Gasteiger charge is 2.08. The summed E-state index contributed by atoms with van der Waals surface area (Å²) >= 11 is 5.67. The smallest absolute Gasteiger partial charge is 0.267 e. The molecule has 0 aromatic carbocycles. The molecule has 3 N–H and O–H groups in total. The van der Waals surface area contributed by atoms with Crippen LogP contribution in [0.4, 0.5) is 0 Å². The third-order valence-corrected chi connectivity index (χ3v) is 2.17. The van der Waals surface area contributed by atoms with E-state index in [0.717, 1.165) is 0 Å². The highest BCUT2D eigenvalue weighted by molar-refractivity contribution is 6.30. The van der Waals surface area contributed by atoms with E-state index in [1.165, 1.54) is 0 Å². The van der Waals surface area contributed by atoms with Gasteiger partial charge in [-0.2, -0.15) is 0 Å². The Morgan fingerprint density at radius 2 is 2.33 bits per heavy atom. The van der Waals surface area contributed by atoms with Crippen LogP contribution in [-0.2, 0) is 0 Å². The topological polar surface area (TPSA) is 56.9 Å². The first kappa shape index (κ1) is 14.3. The fraction of sp³-hybridized carbons (Fsp3) is 0.444. The van der Waals surface area contributed by atoms with Gasteiger partial charge in [-0.05, 0) is 20.0 Å². The largest absolute Gasteiger partial charge is 0.356 e. The Balaban J connectivity index is 0.00000196.